The Bertz CT molecular complexity index is 634. The zero-order chi connectivity index (χ0) is 14.9. The first-order valence-electron chi connectivity index (χ1n) is 7.55. The highest BCUT2D eigenvalue weighted by Gasteiger charge is 2.37. The second-order valence-corrected chi connectivity index (χ2v) is 6.70. The van der Waals surface area contributed by atoms with Crippen LogP contribution in [-0.2, 0) is 16.8 Å². The Balaban J connectivity index is 2.13. The first kappa shape index (κ1) is 14.7. The maximum absolute atomic E-state index is 5.86. The zero-order valence-electron chi connectivity index (χ0n) is 12.6. The molecule has 0 unspecified atom stereocenters. The number of nitrogens with zero attached hydrogens (tertiary/aromatic N) is 2. The topological polar surface area (TPSA) is 73.1 Å². The molecular formula is C15H22N4OS. The van der Waals surface area contributed by atoms with Gasteiger partial charge in [-0.2, -0.15) is 0 Å². The summed E-state index contributed by atoms with van der Waals surface area (Å²) in [5, 5.41) is 1.00. The summed E-state index contributed by atoms with van der Waals surface area (Å²) in [7, 11) is 1.76. The van der Waals surface area contributed by atoms with Crippen LogP contribution >= 0.6 is 11.3 Å². The first-order chi connectivity index (χ1) is 10.2. The summed E-state index contributed by atoms with van der Waals surface area (Å²) in [4.78, 5) is 11.8. The zero-order valence-corrected chi connectivity index (χ0v) is 13.4. The van der Waals surface area contributed by atoms with E-state index in [-0.39, 0.29) is 5.60 Å². The quantitative estimate of drug-likeness (QED) is 0.669. The van der Waals surface area contributed by atoms with Crippen LogP contribution in [0.15, 0.2) is 6.07 Å². The average Bonchev–Trinajstić information content (AvgIpc) is 2.97. The van der Waals surface area contributed by atoms with Crippen molar-refractivity contribution < 1.29 is 4.74 Å². The Hall–Kier alpha value is -1.24. The Labute approximate surface area is 128 Å². The van der Waals surface area contributed by atoms with Crippen LogP contribution in [0.3, 0.4) is 0 Å². The molecule has 0 saturated heterocycles. The van der Waals surface area contributed by atoms with Gasteiger partial charge in [0.1, 0.15) is 10.4 Å². The molecule has 2 heterocycles. The molecule has 3 rings (SSSR count). The van der Waals surface area contributed by atoms with Crippen molar-refractivity contribution in [2.75, 3.05) is 12.5 Å². The normalized spacial score (nSPS) is 18.0. The molecule has 5 nitrogen and oxygen atoms in total. The minimum atomic E-state index is -0.353. The van der Waals surface area contributed by atoms with E-state index in [0.717, 1.165) is 48.1 Å². The second-order valence-electron chi connectivity index (χ2n) is 5.58. The van der Waals surface area contributed by atoms with E-state index in [1.165, 1.54) is 11.3 Å². The summed E-state index contributed by atoms with van der Waals surface area (Å²) in [6.45, 7) is 2.15. The van der Waals surface area contributed by atoms with Crippen molar-refractivity contribution in [2.45, 2.75) is 51.0 Å². The predicted molar refractivity (Wildman–Crippen MR) is 86.4 cm³/mol. The fourth-order valence-corrected chi connectivity index (χ4v) is 4.07. The number of anilines is 1. The molecule has 0 aliphatic heterocycles. The summed E-state index contributed by atoms with van der Waals surface area (Å²) in [5.74, 6) is 7.15. The lowest BCUT2D eigenvalue weighted by molar-refractivity contribution is -0.0511. The van der Waals surface area contributed by atoms with Crippen molar-refractivity contribution >= 4 is 27.4 Å². The van der Waals surface area contributed by atoms with Crippen LogP contribution in [0, 0.1) is 0 Å². The van der Waals surface area contributed by atoms with Crippen LogP contribution < -0.4 is 11.3 Å². The van der Waals surface area contributed by atoms with Crippen molar-refractivity contribution in [1.82, 2.24) is 9.97 Å². The molecule has 1 fully saturated rings. The average molecular weight is 306 g/mol. The van der Waals surface area contributed by atoms with Gasteiger partial charge in [0.2, 0.25) is 0 Å². The molecule has 1 aliphatic carbocycles. The number of ether oxygens (including phenoxy) is 1. The minimum absolute atomic E-state index is 0.353. The van der Waals surface area contributed by atoms with Gasteiger partial charge >= 0.3 is 0 Å². The summed E-state index contributed by atoms with van der Waals surface area (Å²) >= 11 is 1.71. The maximum atomic E-state index is 5.86. The molecule has 114 valence electrons. The lowest BCUT2D eigenvalue weighted by atomic mass is 9.84. The smallest absolute Gasteiger partial charge is 0.164 e. The molecule has 0 radical (unpaired) electrons. The Morgan fingerprint density at radius 2 is 2.10 bits per heavy atom. The fourth-order valence-electron chi connectivity index (χ4n) is 3.10. The van der Waals surface area contributed by atoms with Gasteiger partial charge < -0.3 is 10.2 Å². The van der Waals surface area contributed by atoms with E-state index >= 15 is 0 Å². The molecular weight excluding hydrogens is 284 g/mol. The number of hydrogen-bond donors (Lipinski definition) is 2. The number of hydrazine groups is 1. The van der Waals surface area contributed by atoms with Crippen LogP contribution in [0.5, 0.6) is 0 Å². The van der Waals surface area contributed by atoms with E-state index in [2.05, 4.69) is 23.4 Å². The SMILES string of the molecule is CCc1cc2c(NN)nc(C3(OC)CCCCC3)nc2s1. The Kier molecular flexibility index (Phi) is 4.10. The van der Waals surface area contributed by atoms with Gasteiger partial charge in [0, 0.05) is 12.0 Å². The van der Waals surface area contributed by atoms with Gasteiger partial charge in [-0.1, -0.05) is 26.2 Å². The second kappa shape index (κ2) is 5.87. The number of methoxy groups -OCH3 is 1. The van der Waals surface area contributed by atoms with Crippen molar-refractivity contribution in [2.24, 2.45) is 5.84 Å². The van der Waals surface area contributed by atoms with Crippen LogP contribution in [0.4, 0.5) is 5.82 Å². The molecule has 3 N–H and O–H groups in total. The summed E-state index contributed by atoms with van der Waals surface area (Å²) in [5.41, 5.74) is 2.38. The molecule has 0 aromatic carbocycles. The highest BCUT2D eigenvalue weighted by Crippen LogP contribution is 2.40. The third kappa shape index (κ3) is 2.52. The molecule has 0 atom stereocenters. The largest absolute Gasteiger partial charge is 0.370 e. The van der Waals surface area contributed by atoms with Crippen molar-refractivity contribution in [3.05, 3.63) is 16.8 Å². The first-order valence-corrected chi connectivity index (χ1v) is 8.37. The van der Waals surface area contributed by atoms with E-state index in [9.17, 15) is 0 Å². The molecule has 0 amide bonds. The molecule has 21 heavy (non-hydrogen) atoms. The standard InChI is InChI=1S/C15H22N4OS/c1-3-10-9-11-12(19-16)17-14(18-13(11)21-10)15(20-2)7-5-4-6-8-15/h9H,3-8,16H2,1-2H3,(H,17,18,19). The molecule has 0 spiro atoms. The Morgan fingerprint density at radius 3 is 2.71 bits per heavy atom. The molecule has 2 aromatic rings. The number of thiophene rings is 1. The van der Waals surface area contributed by atoms with Gasteiger partial charge in [-0.25, -0.2) is 15.8 Å². The maximum Gasteiger partial charge on any atom is 0.164 e. The van der Waals surface area contributed by atoms with Crippen LogP contribution in [-0.4, -0.2) is 17.1 Å². The van der Waals surface area contributed by atoms with Crippen LogP contribution in [0.25, 0.3) is 10.2 Å². The number of rotatable bonds is 4. The van der Waals surface area contributed by atoms with Gasteiger partial charge in [0.15, 0.2) is 11.6 Å². The van der Waals surface area contributed by atoms with E-state index < -0.39 is 0 Å². The number of fused-ring (bicyclic) bond motifs is 1. The highest BCUT2D eigenvalue weighted by atomic mass is 32.1. The van der Waals surface area contributed by atoms with E-state index in [0.29, 0.717) is 5.82 Å². The summed E-state index contributed by atoms with van der Waals surface area (Å²) in [6.07, 6.45) is 6.52. The number of aromatic nitrogens is 2. The summed E-state index contributed by atoms with van der Waals surface area (Å²) < 4.78 is 5.86. The minimum Gasteiger partial charge on any atom is -0.370 e. The molecule has 1 saturated carbocycles. The third-order valence-corrected chi connectivity index (χ3v) is 5.56. The number of nitrogens with two attached hydrogens (primary N) is 1. The third-order valence-electron chi connectivity index (χ3n) is 4.39. The molecule has 1 aliphatic rings. The Morgan fingerprint density at radius 1 is 1.33 bits per heavy atom. The van der Waals surface area contributed by atoms with Crippen molar-refractivity contribution in [3.8, 4) is 0 Å². The van der Waals surface area contributed by atoms with Crippen LogP contribution in [0.1, 0.15) is 49.7 Å². The molecule has 6 heteroatoms. The van der Waals surface area contributed by atoms with Gasteiger partial charge in [0.25, 0.3) is 0 Å². The fraction of sp³-hybridized carbons (Fsp3) is 0.600. The van der Waals surface area contributed by atoms with Crippen molar-refractivity contribution in [1.29, 1.82) is 0 Å². The van der Waals surface area contributed by atoms with Gasteiger partial charge in [-0.15, -0.1) is 11.3 Å². The number of hydrogen-bond acceptors (Lipinski definition) is 6. The lowest BCUT2D eigenvalue weighted by Gasteiger charge is -2.34. The van der Waals surface area contributed by atoms with Crippen LogP contribution in [0.2, 0.25) is 0 Å². The monoisotopic (exact) mass is 306 g/mol. The number of aryl methyl sites for hydroxylation is 1. The predicted octanol–water partition coefficient (Wildman–Crippen LogP) is 3.35. The van der Waals surface area contributed by atoms with Gasteiger partial charge in [-0.3, -0.25) is 0 Å². The highest BCUT2D eigenvalue weighted by molar-refractivity contribution is 7.18. The molecule has 2 aromatic heterocycles. The van der Waals surface area contributed by atoms with Gasteiger partial charge in [0.05, 0.1) is 5.39 Å². The number of nitrogen functional groups attached to an aromatic ring is 1. The number of nitrogens with one attached hydrogen (secondary N) is 1. The van der Waals surface area contributed by atoms with E-state index in [1.807, 2.05) is 0 Å². The van der Waals surface area contributed by atoms with Gasteiger partial charge in [-0.05, 0) is 25.3 Å². The van der Waals surface area contributed by atoms with E-state index in [1.54, 1.807) is 18.4 Å². The summed E-state index contributed by atoms with van der Waals surface area (Å²) in [6, 6.07) is 2.12. The van der Waals surface area contributed by atoms with Crippen molar-refractivity contribution in [3.63, 3.8) is 0 Å². The molecule has 0 bridgehead atoms. The van der Waals surface area contributed by atoms with E-state index in [4.69, 9.17) is 15.6 Å². The lowest BCUT2D eigenvalue weighted by Crippen LogP contribution is -2.33.